The molecule has 0 spiro atoms. The van der Waals surface area contributed by atoms with Gasteiger partial charge in [-0.2, -0.15) is 0 Å². The van der Waals surface area contributed by atoms with E-state index < -0.39 is 0 Å². The third kappa shape index (κ3) is 5.87. The Morgan fingerprint density at radius 1 is 1.44 bits per heavy atom. The second-order valence-corrected chi connectivity index (χ2v) is 6.01. The second-order valence-electron chi connectivity index (χ2n) is 4.07. The molecule has 0 atom stereocenters. The van der Waals surface area contributed by atoms with E-state index in [1.54, 1.807) is 11.8 Å². The summed E-state index contributed by atoms with van der Waals surface area (Å²) in [5, 5.41) is 4.52. The van der Waals surface area contributed by atoms with Crippen molar-refractivity contribution in [2.24, 2.45) is 5.92 Å². The minimum Gasteiger partial charge on any atom is -0.316 e. The molecular formula is C12H19BrN2S. The molecule has 0 amide bonds. The predicted molar refractivity (Wildman–Crippen MR) is 75.0 cm³/mol. The fraction of sp³-hybridized carbons (Fsp3) is 0.583. The van der Waals surface area contributed by atoms with Crippen LogP contribution in [-0.2, 0) is 0 Å². The summed E-state index contributed by atoms with van der Waals surface area (Å²) >= 11 is 5.28. The maximum atomic E-state index is 4.31. The lowest BCUT2D eigenvalue weighted by atomic mass is 10.1. The van der Waals surface area contributed by atoms with E-state index >= 15 is 0 Å². The van der Waals surface area contributed by atoms with E-state index in [-0.39, 0.29) is 0 Å². The van der Waals surface area contributed by atoms with Crippen LogP contribution < -0.4 is 5.32 Å². The van der Waals surface area contributed by atoms with Gasteiger partial charge in [0.15, 0.2) is 0 Å². The van der Waals surface area contributed by atoms with Crippen molar-refractivity contribution in [3.05, 3.63) is 22.8 Å². The van der Waals surface area contributed by atoms with Gasteiger partial charge >= 0.3 is 0 Å². The number of hydrogen-bond donors (Lipinski definition) is 1. The fourth-order valence-electron chi connectivity index (χ4n) is 1.21. The Hall–Kier alpha value is -0.0600. The zero-order chi connectivity index (χ0) is 11.8. The summed E-state index contributed by atoms with van der Waals surface area (Å²) in [6.07, 6.45) is 3.08. The molecule has 1 aromatic rings. The van der Waals surface area contributed by atoms with Gasteiger partial charge in [-0.25, -0.2) is 4.98 Å². The van der Waals surface area contributed by atoms with Gasteiger partial charge in [0, 0.05) is 23.0 Å². The third-order valence-corrected chi connectivity index (χ3v) is 4.05. The van der Waals surface area contributed by atoms with Gasteiger partial charge in [-0.05, 0) is 46.9 Å². The van der Waals surface area contributed by atoms with Crippen LogP contribution in [0.15, 0.2) is 27.8 Å². The van der Waals surface area contributed by atoms with Crippen LogP contribution in [0.1, 0.15) is 20.3 Å². The lowest BCUT2D eigenvalue weighted by molar-refractivity contribution is 0.547. The molecule has 0 aromatic carbocycles. The Morgan fingerprint density at radius 3 is 2.94 bits per heavy atom. The van der Waals surface area contributed by atoms with E-state index in [9.17, 15) is 0 Å². The van der Waals surface area contributed by atoms with Crippen molar-refractivity contribution in [2.75, 3.05) is 18.8 Å². The van der Waals surface area contributed by atoms with Gasteiger partial charge in [-0.1, -0.05) is 13.8 Å². The Labute approximate surface area is 111 Å². The lowest BCUT2D eigenvalue weighted by Crippen LogP contribution is -2.19. The first-order valence-electron chi connectivity index (χ1n) is 5.64. The highest BCUT2D eigenvalue weighted by molar-refractivity contribution is 9.10. The number of nitrogens with one attached hydrogen (secondary N) is 1. The van der Waals surface area contributed by atoms with Crippen molar-refractivity contribution < 1.29 is 0 Å². The average molecular weight is 303 g/mol. The summed E-state index contributed by atoms with van der Waals surface area (Å²) in [6.45, 7) is 6.66. The Balaban J connectivity index is 2.10. The van der Waals surface area contributed by atoms with Gasteiger partial charge in [-0.15, -0.1) is 11.8 Å². The fourth-order valence-corrected chi connectivity index (χ4v) is 2.59. The molecule has 0 saturated carbocycles. The quantitative estimate of drug-likeness (QED) is 0.616. The van der Waals surface area contributed by atoms with Gasteiger partial charge in [0.05, 0.1) is 0 Å². The predicted octanol–water partition coefficient (Wildman–Crippen LogP) is 3.57. The van der Waals surface area contributed by atoms with Crippen LogP contribution in [0.3, 0.4) is 0 Å². The number of pyridine rings is 1. The summed E-state index contributed by atoms with van der Waals surface area (Å²) in [5.74, 6) is 1.85. The van der Waals surface area contributed by atoms with Crippen molar-refractivity contribution in [3.63, 3.8) is 0 Å². The van der Waals surface area contributed by atoms with Crippen molar-refractivity contribution >= 4 is 27.7 Å². The van der Waals surface area contributed by atoms with Crippen molar-refractivity contribution in [1.29, 1.82) is 0 Å². The zero-order valence-electron chi connectivity index (χ0n) is 9.87. The molecule has 16 heavy (non-hydrogen) atoms. The van der Waals surface area contributed by atoms with Crippen LogP contribution in [0.25, 0.3) is 0 Å². The largest absolute Gasteiger partial charge is 0.316 e. The second kappa shape index (κ2) is 8.09. The maximum Gasteiger partial charge on any atom is 0.110 e. The smallest absolute Gasteiger partial charge is 0.110 e. The highest BCUT2D eigenvalue weighted by atomic mass is 79.9. The van der Waals surface area contributed by atoms with Crippen LogP contribution in [0.2, 0.25) is 0 Å². The summed E-state index contributed by atoms with van der Waals surface area (Å²) in [6, 6.07) is 3.97. The van der Waals surface area contributed by atoms with Gasteiger partial charge in [0.1, 0.15) is 5.03 Å². The van der Waals surface area contributed by atoms with Gasteiger partial charge < -0.3 is 5.32 Å². The van der Waals surface area contributed by atoms with Crippen LogP contribution in [0.5, 0.6) is 0 Å². The third-order valence-electron chi connectivity index (χ3n) is 2.14. The topological polar surface area (TPSA) is 24.9 Å². The molecule has 90 valence electrons. The number of thioether (sulfide) groups is 1. The summed E-state index contributed by atoms with van der Waals surface area (Å²) < 4.78 is 1.09. The molecule has 1 heterocycles. The summed E-state index contributed by atoms with van der Waals surface area (Å²) in [4.78, 5) is 4.31. The van der Waals surface area contributed by atoms with E-state index in [1.807, 2.05) is 18.3 Å². The number of nitrogens with zero attached hydrogens (tertiary/aromatic N) is 1. The molecule has 0 fully saturated rings. The number of aromatic nitrogens is 1. The molecule has 0 bridgehead atoms. The van der Waals surface area contributed by atoms with Crippen molar-refractivity contribution in [2.45, 2.75) is 25.3 Å². The van der Waals surface area contributed by atoms with Crippen LogP contribution >= 0.6 is 27.7 Å². The molecule has 1 N–H and O–H groups in total. The van der Waals surface area contributed by atoms with E-state index in [1.165, 1.54) is 6.42 Å². The average Bonchev–Trinajstić information content (AvgIpc) is 2.25. The Kier molecular flexibility index (Phi) is 7.08. The molecule has 0 saturated heterocycles. The lowest BCUT2D eigenvalue weighted by Gasteiger charge is -2.06. The molecule has 4 heteroatoms. The van der Waals surface area contributed by atoms with Crippen molar-refractivity contribution in [3.8, 4) is 0 Å². The van der Waals surface area contributed by atoms with Gasteiger partial charge in [0.25, 0.3) is 0 Å². The highest BCUT2D eigenvalue weighted by Crippen LogP contribution is 2.23. The molecule has 0 aliphatic carbocycles. The molecule has 0 radical (unpaired) electrons. The maximum absolute atomic E-state index is 4.31. The van der Waals surface area contributed by atoms with Gasteiger partial charge in [-0.3, -0.25) is 0 Å². The minimum atomic E-state index is 0.782. The summed E-state index contributed by atoms with van der Waals surface area (Å²) in [5.41, 5.74) is 0. The molecule has 0 aliphatic rings. The molecule has 1 aromatic heterocycles. The van der Waals surface area contributed by atoms with E-state index in [2.05, 4.69) is 40.1 Å². The number of halogens is 1. The first-order chi connectivity index (χ1) is 7.70. The van der Waals surface area contributed by atoms with E-state index in [0.29, 0.717) is 0 Å². The van der Waals surface area contributed by atoms with E-state index in [0.717, 1.165) is 34.3 Å². The van der Waals surface area contributed by atoms with Crippen LogP contribution in [-0.4, -0.2) is 23.8 Å². The van der Waals surface area contributed by atoms with Crippen LogP contribution in [0.4, 0.5) is 0 Å². The Bertz CT molecular complexity index is 305. The number of hydrogen-bond acceptors (Lipinski definition) is 3. The molecule has 0 aliphatic heterocycles. The SMILES string of the molecule is CC(C)CCNCCSc1ncccc1Br. The zero-order valence-corrected chi connectivity index (χ0v) is 12.3. The van der Waals surface area contributed by atoms with Crippen molar-refractivity contribution in [1.82, 2.24) is 10.3 Å². The van der Waals surface area contributed by atoms with Crippen LogP contribution in [0, 0.1) is 5.92 Å². The monoisotopic (exact) mass is 302 g/mol. The highest BCUT2D eigenvalue weighted by Gasteiger charge is 2.00. The molecule has 1 rings (SSSR count). The number of rotatable bonds is 7. The molecule has 2 nitrogen and oxygen atoms in total. The normalized spacial score (nSPS) is 11.0. The molecule has 0 unspecified atom stereocenters. The first-order valence-corrected chi connectivity index (χ1v) is 7.42. The molecular weight excluding hydrogens is 284 g/mol. The first kappa shape index (κ1) is 14.0. The standard InChI is InChI=1S/C12H19BrN2S/c1-10(2)5-7-14-8-9-16-12-11(13)4-3-6-15-12/h3-4,6,10,14H,5,7-9H2,1-2H3. The van der Waals surface area contributed by atoms with E-state index in [4.69, 9.17) is 0 Å². The van der Waals surface area contributed by atoms with Gasteiger partial charge in [0.2, 0.25) is 0 Å². The Morgan fingerprint density at radius 2 is 2.25 bits per heavy atom. The summed E-state index contributed by atoms with van der Waals surface area (Å²) in [7, 11) is 0. The minimum absolute atomic E-state index is 0.782.